The van der Waals surface area contributed by atoms with Gasteiger partial charge in [0.1, 0.15) is 4.90 Å². The highest BCUT2D eigenvalue weighted by molar-refractivity contribution is 7.87. The monoisotopic (exact) mass is 495 g/mol. The summed E-state index contributed by atoms with van der Waals surface area (Å²) in [7, 11) is -4.55. The zero-order valence-electron chi connectivity index (χ0n) is 17.4. The first-order valence-corrected chi connectivity index (χ1v) is 11.1. The molecular formula is C23H15N2O9S+. The van der Waals surface area contributed by atoms with Gasteiger partial charge in [-0.25, -0.2) is 0 Å². The fourth-order valence-corrected chi connectivity index (χ4v) is 4.56. The second-order valence-corrected chi connectivity index (χ2v) is 8.78. The van der Waals surface area contributed by atoms with E-state index in [1.54, 1.807) is 0 Å². The minimum absolute atomic E-state index is 0.0614. The Kier molecular flexibility index (Phi) is 5.55. The summed E-state index contributed by atoms with van der Waals surface area (Å²) in [4.78, 5) is 15.2. The summed E-state index contributed by atoms with van der Waals surface area (Å²) in [6.07, 6.45) is 0. The Hall–Kier alpha value is -5.02. The van der Waals surface area contributed by atoms with E-state index in [2.05, 4.69) is 4.98 Å². The second kappa shape index (κ2) is 8.40. The van der Waals surface area contributed by atoms with Gasteiger partial charge in [-0.05, 0) is 42.5 Å². The minimum atomic E-state index is -4.55. The summed E-state index contributed by atoms with van der Waals surface area (Å²) in [5.41, 5.74) is -0.715. The molecule has 0 aliphatic heterocycles. The first kappa shape index (κ1) is 23.1. The van der Waals surface area contributed by atoms with Crippen molar-refractivity contribution in [3.8, 4) is 34.5 Å². The number of hydrogen-bond donors (Lipinski definition) is 5. The molecule has 0 amide bonds. The Bertz CT molecular complexity index is 1680. The van der Waals surface area contributed by atoms with Crippen LogP contribution in [0.3, 0.4) is 0 Å². The fraction of sp³-hybridized carbons (Fsp3) is 0. The molecule has 0 radical (unpaired) electrons. The molecule has 4 aromatic rings. The topological polar surface area (TPSA) is 190 Å². The summed E-state index contributed by atoms with van der Waals surface area (Å²) in [6.45, 7) is 0. The third-order valence-electron chi connectivity index (χ3n) is 5.14. The lowest BCUT2D eigenvalue weighted by atomic mass is 10.0. The Morgan fingerprint density at radius 1 is 0.800 bits per heavy atom. The molecule has 11 nitrogen and oxygen atoms in total. The van der Waals surface area contributed by atoms with Crippen LogP contribution in [0.25, 0.3) is 15.7 Å². The number of fused-ring (bicyclic) bond motifs is 1. The highest BCUT2D eigenvalue weighted by Crippen LogP contribution is 2.40. The van der Waals surface area contributed by atoms with Crippen molar-refractivity contribution in [1.82, 2.24) is 0 Å². The Morgan fingerprint density at radius 2 is 1.54 bits per heavy atom. The quantitative estimate of drug-likeness (QED) is 0.118. The number of nitrogens with zero attached hydrogens (tertiary/aromatic N) is 2. The van der Waals surface area contributed by atoms with Crippen molar-refractivity contribution in [3.63, 3.8) is 0 Å². The molecule has 0 spiro atoms. The molecule has 0 unspecified atom stereocenters. The molecule has 0 aliphatic rings. The van der Waals surface area contributed by atoms with Crippen molar-refractivity contribution in [2.75, 3.05) is 0 Å². The number of rotatable bonds is 5. The van der Waals surface area contributed by atoms with Crippen LogP contribution in [0.15, 0.2) is 65.6 Å². The van der Waals surface area contributed by atoms with E-state index in [4.69, 9.17) is 9.58 Å². The smallest absolute Gasteiger partial charge is 0.426 e. The van der Waals surface area contributed by atoms with Gasteiger partial charge < -0.3 is 29.7 Å². The van der Waals surface area contributed by atoms with Crippen LogP contribution in [0, 0.1) is 5.39 Å². The number of phenolic OH excluding ortho intramolecular Hbond substituents is 5. The van der Waals surface area contributed by atoms with Crippen molar-refractivity contribution in [2.45, 2.75) is 4.90 Å². The number of benzene rings is 4. The molecule has 176 valence electrons. The van der Waals surface area contributed by atoms with Crippen molar-refractivity contribution in [1.29, 1.82) is 5.39 Å². The summed E-state index contributed by atoms with van der Waals surface area (Å²) in [5.74, 6) is -4.91. The highest BCUT2D eigenvalue weighted by atomic mass is 32.2. The molecule has 5 N–H and O–H groups in total. The maximum atomic E-state index is 12.9. The fourth-order valence-electron chi connectivity index (χ4n) is 3.40. The molecular weight excluding hydrogens is 480 g/mol. The van der Waals surface area contributed by atoms with E-state index in [9.17, 15) is 38.7 Å². The zero-order chi connectivity index (χ0) is 25.5. The predicted molar refractivity (Wildman–Crippen MR) is 121 cm³/mol. The maximum Gasteiger partial charge on any atom is 0.426 e. The normalized spacial score (nSPS) is 11.2. The van der Waals surface area contributed by atoms with Crippen LogP contribution in [0.2, 0.25) is 0 Å². The lowest BCUT2D eigenvalue weighted by molar-refractivity contribution is 0.103. The molecule has 0 saturated carbocycles. The average Bonchev–Trinajstić information content (AvgIpc) is 2.83. The lowest BCUT2D eigenvalue weighted by Crippen LogP contribution is -2.11. The van der Waals surface area contributed by atoms with Gasteiger partial charge in [0.2, 0.25) is 16.9 Å². The maximum absolute atomic E-state index is 12.9. The van der Waals surface area contributed by atoms with Gasteiger partial charge in [0.05, 0.1) is 5.56 Å². The van der Waals surface area contributed by atoms with Gasteiger partial charge in [-0.15, -0.1) is 0 Å². The first-order valence-electron chi connectivity index (χ1n) is 9.71. The van der Waals surface area contributed by atoms with Crippen LogP contribution in [0.4, 0.5) is 5.69 Å². The second-order valence-electron chi connectivity index (χ2n) is 7.26. The summed E-state index contributed by atoms with van der Waals surface area (Å²) < 4.78 is 31.0. The Morgan fingerprint density at radius 3 is 2.23 bits per heavy atom. The van der Waals surface area contributed by atoms with Gasteiger partial charge in [0.15, 0.2) is 33.8 Å². The lowest BCUT2D eigenvalue weighted by Gasteiger charge is -2.12. The number of hydrogen-bond acceptors (Lipinski definition) is 10. The molecule has 0 fully saturated rings. The van der Waals surface area contributed by atoms with E-state index in [0.717, 1.165) is 30.3 Å². The molecule has 0 aromatic heterocycles. The minimum Gasteiger partial charge on any atom is -0.504 e. The van der Waals surface area contributed by atoms with E-state index in [1.807, 2.05) is 0 Å². The van der Waals surface area contributed by atoms with Crippen LogP contribution >= 0.6 is 0 Å². The number of diazo groups is 1. The molecule has 0 bridgehead atoms. The van der Waals surface area contributed by atoms with Crippen LogP contribution in [-0.4, -0.2) is 39.7 Å². The summed E-state index contributed by atoms with van der Waals surface area (Å²) in [6, 6.07) is 11.6. The van der Waals surface area contributed by atoms with Crippen LogP contribution in [-0.2, 0) is 10.1 Å². The van der Waals surface area contributed by atoms with Gasteiger partial charge in [-0.1, -0.05) is 12.1 Å². The zero-order valence-corrected chi connectivity index (χ0v) is 18.3. The molecule has 12 heteroatoms. The number of phenols is 5. The van der Waals surface area contributed by atoms with Gasteiger partial charge >= 0.3 is 15.8 Å². The van der Waals surface area contributed by atoms with Crippen LogP contribution in [0.1, 0.15) is 15.9 Å². The van der Waals surface area contributed by atoms with Crippen LogP contribution < -0.4 is 4.18 Å². The third-order valence-corrected chi connectivity index (χ3v) is 6.44. The standard InChI is InChI=1S/C23H14N2O9S/c24-25-15-7-5-12-13(21(15)29)2-1-3-19(12)35(32,33)34-18-9-4-11(10-17(18)27)20(28)14-6-8-16(26)23(31)22(14)30/h1-10,24H,(H3,26,27,28,29,30)/p+1. The predicted octanol–water partition coefficient (Wildman–Crippen LogP) is 3.85. The molecule has 0 heterocycles. The summed E-state index contributed by atoms with van der Waals surface area (Å²) in [5, 5.41) is 58.5. The Balaban J connectivity index is 1.69. The molecule has 4 rings (SSSR count). The molecule has 0 atom stereocenters. The number of ketones is 1. The number of carbonyl (C=O) groups excluding carboxylic acids is 1. The number of aromatic hydroxyl groups is 5. The van der Waals surface area contributed by atoms with Gasteiger partial charge in [0, 0.05) is 22.4 Å². The van der Waals surface area contributed by atoms with E-state index in [-0.39, 0.29) is 32.5 Å². The average molecular weight is 495 g/mol. The van der Waals surface area contributed by atoms with E-state index < -0.39 is 50.4 Å². The Labute approximate surface area is 197 Å². The van der Waals surface area contributed by atoms with E-state index >= 15 is 0 Å². The third kappa shape index (κ3) is 3.96. The summed E-state index contributed by atoms with van der Waals surface area (Å²) >= 11 is 0. The van der Waals surface area contributed by atoms with Gasteiger partial charge in [0.25, 0.3) is 0 Å². The molecule has 0 saturated heterocycles. The SMILES string of the molecule is N#[N+]c1ccc2c(S(=O)(=O)Oc3ccc(C(=O)c4ccc(O)c(O)c4O)cc3O)cccc2c1O. The van der Waals surface area contributed by atoms with Crippen molar-refractivity contribution in [3.05, 3.63) is 76.8 Å². The van der Waals surface area contributed by atoms with Gasteiger partial charge in [-0.3, -0.25) is 4.79 Å². The van der Waals surface area contributed by atoms with Crippen molar-refractivity contribution >= 4 is 32.4 Å². The van der Waals surface area contributed by atoms with Gasteiger partial charge in [-0.2, -0.15) is 8.42 Å². The molecule has 4 aromatic carbocycles. The highest BCUT2D eigenvalue weighted by Gasteiger charge is 2.26. The first-order chi connectivity index (χ1) is 16.5. The largest absolute Gasteiger partial charge is 0.504 e. The van der Waals surface area contributed by atoms with Crippen molar-refractivity contribution in [2.24, 2.45) is 0 Å². The van der Waals surface area contributed by atoms with Crippen LogP contribution in [0.5, 0.6) is 34.5 Å². The molecule has 0 aliphatic carbocycles. The number of carbonyl (C=O) groups is 1. The van der Waals surface area contributed by atoms with E-state index in [1.165, 1.54) is 30.3 Å². The van der Waals surface area contributed by atoms with E-state index in [0.29, 0.717) is 0 Å². The van der Waals surface area contributed by atoms with Crippen molar-refractivity contribution < 1.29 is 42.9 Å². The molecule has 35 heavy (non-hydrogen) atoms.